The first-order chi connectivity index (χ1) is 12.1. The van der Waals surface area contributed by atoms with Gasteiger partial charge in [-0.1, -0.05) is 31.2 Å². The second kappa shape index (κ2) is 8.03. The van der Waals surface area contributed by atoms with E-state index in [1.807, 2.05) is 0 Å². The molecule has 1 unspecified atom stereocenters. The maximum Gasteiger partial charge on any atom is 0.416 e. The van der Waals surface area contributed by atoms with Crippen molar-refractivity contribution in [3.8, 4) is 0 Å². The van der Waals surface area contributed by atoms with E-state index in [0.29, 0.717) is 16.8 Å². The summed E-state index contributed by atoms with van der Waals surface area (Å²) in [7, 11) is 0. The van der Waals surface area contributed by atoms with Crippen LogP contribution in [-0.2, 0) is 22.2 Å². The summed E-state index contributed by atoms with van der Waals surface area (Å²) in [5.74, 6) is -1.53. The van der Waals surface area contributed by atoms with Gasteiger partial charge in [0, 0.05) is 12.1 Å². The van der Waals surface area contributed by atoms with Crippen LogP contribution in [0.2, 0.25) is 0 Å². The van der Waals surface area contributed by atoms with Crippen LogP contribution in [0.5, 0.6) is 0 Å². The lowest BCUT2D eigenvalue weighted by atomic mass is 9.96. The Morgan fingerprint density at radius 3 is 2.35 bits per heavy atom. The minimum atomic E-state index is -4.39. The number of hydrogen-bond acceptors (Lipinski definition) is 2. The Balaban J connectivity index is 1.98. The van der Waals surface area contributed by atoms with Gasteiger partial charge < -0.3 is 10.4 Å². The Kier molecular flexibility index (Phi) is 6.02. The van der Waals surface area contributed by atoms with E-state index in [1.54, 1.807) is 31.2 Å². The lowest BCUT2D eigenvalue weighted by Gasteiger charge is -2.14. The molecule has 0 bridgehead atoms. The molecule has 0 radical (unpaired) electrons. The molecule has 2 N–H and O–H groups in total. The minimum Gasteiger partial charge on any atom is -0.481 e. The molecule has 0 saturated heterocycles. The predicted molar refractivity (Wildman–Crippen MR) is 90.9 cm³/mol. The molecule has 0 aliphatic carbocycles. The Morgan fingerprint density at radius 2 is 1.77 bits per heavy atom. The van der Waals surface area contributed by atoms with Crippen molar-refractivity contribution in [1.29, 1.82) is 0 Å². The number of halogens is 3. The van der Waals surface area contributed by atoms with Gasteiger partial charge in [-0.15, -0.1) is 0 Å². The van der Waals surface area contributed by atoms with Crippen molar-refractivity contribution < 1.29 is 27.9 Å². The van der Waals surface area contributed by atoms with E-state index in [-0.39, 0.29) is 24.7 Å². The van der Waals surface area contributed by atoms with Crippen LogP contribution in [0.3, 0.4) is 0 Å². The van der Waals surface area contributed by atoms with Crippen LogP contribution in [0, 0.1) is 0 Å². The number of rotatable bonds is 6. The number of hydrogen-bond donors (Lipinski definition) is 2. The summed E-state index contributed by atoms with van der Waals surface area (Å²) in [6.45, 7) is 1.75. The lowest BCUT2D eigenvalue weighted by molar-refractivity contribution is -0.138. The third kappa shape index (κ3) is 5.61. The van der Waals surface area contributed by atoms with Crippen molar-refractivity contribution in [1.82, 2.24) is 0 Å². The molecule has 0 heterocycles. The highest BCUT2D eigenvalue weighted by molar-refractivity contribution is 5.91. The van der Waals surface area contributed by atoms with Crippen LogP contribution in [0.4, 0.5) is 18.9 Å². The monoisotopic (exact) mass is 365 g/mol. The molecule has 0 aliphatic heterocycles. The molecule has 4 nitrogen and oxygen atoms in total. The topological polar surface area (TPSA) is 66.4 Å². The SMILES string of the molecule is CC(CC(=O)Nc1cccc(CC(=O)O)c1)c1ccc(C(F)(F)F)cc1. The lowest BCUT2D eigenvalue weighted by Crippen LogP contribution is -2.15. The molecular formula is C19H18F3NO3. The number of carboxylic acid groups (broad SMARTS) is 1. The van der Waals surface area contributed by atoms with Crippen molar-refractivity contribution in [3.63, 3.8) is 0 Å². The minimum absolute atomic E-state index is 0.0918. The van der Waals surface area contributed by atoms with Crippen molar-refractivity contribution in [2.75, 3.05) is 5.32 Å². The Morgan fingerprint density at radius 1 is 1.12 bits per heavy atom. The van der Waals surface area contributed by atoms with Crippen LogP contribution in [-0.4, -0.2) is 17.0 Å². The van der Waals surface area contributed by atoms with Gasteiger partial charge in [0.15, 0.2) is 0 Å². The Bertz CT molecular complexity index is 785. The van der Waals surface area contributed by atoms with Crippen LogP contribution in [0.25, 0.3) is 0 Å². The van der Waals surface area contributed by atoms with Crippen molar-refractivity contribution in [2.45, 2.75) is 31.9 Å². The van der Waals surface area contributed by atoms with Crippen molar-refractivity contribution in [2.24, 2.45) is 0 Å². The highest BCUT2D eigenvalue weighted by atomic mass is 19.4. The Labute approximate surface area is 148 Å². The number of carbonyl (C=O) groups is 2. The van der Waals surface area contributed by atoms with Gasteiger partial charge in [-0.2, -0.15) is 13.2 Å². The molecule has 7 heteroatoms. The maximum absolute atomic E-state index is 12.6. The fourth-order valence-corrected chi connectivity index (χ4v) is 2.54. The highest BCUT2D eigenvalue weighted by Crippen LogP contribution is 2.30. The van der Waals surface area contributed by atoms with Gasteiger partial charge in [-0.25, -0.2) is 0 Å². The van der Waals surface area contributed by atoms with Gasteiger partial charge in [0.05, 0.1) is 12.0 Å². The molecule has 1 atom stereocenters. The fourth-order valence-electron chi connectivity index (χ4n) is 2.54. The number of nitrogens with one attached hydrogen (secondary N) is 1. The number of amides is 1. The molecule has 2 aromatic carbocycles. The quantitative estimate of drug-likeness (QED) is 0.794. The largest absolute Gasteiger partial charge is 0.481 e. The van der Waals surface area contributed by atoms with E-state index in [9.17, 15) is 22.8 Å². The fraction of sp³-hybridized carbons (Fsp3) is 0.263. The number of carboxylic acids is 1. The molecule has 0 saturated carbocycles. The summed E-state index contributed by atoms with van der Waals surface area (Å²) in [5.41, 5.74) is 0.945. The zero-order valence-electron chi connectivity index (χ0n) is 14.0. The van der Waals surface area contributed by atoms with E-state index in [2.05, 4.69) is 5.32 Å². The van der Waals surface area contributed by atoms with E-state index in [4.69, 9.17) is 5.11 Å². The standard InChI is InChI=1S/C19H18F3NO3/c1-12(14-5-7-15(8-6-14)19(20,21)22)9-17(24)23-16-4-2-3-13(10-16)11-18(25)26/h2-8,10,12H,9,11H2,1H3,(H,23,24)(H,25,26). The molecular weight excluding hydrogens is 347 g/mol. The molecule has 0 spiro atoms. The van der Waals surface area contributed by atoms with Crippen LogP contribution in [0.1, 0.15) is 36.0 Å². The number of alkyl halides is 3. The van der Waals surface area contributed by atoms with Gasteiger partial charge in [-0.3, -0.25) is 9.59 Å². The molecule has 0 aliphatic rings. The first-order valence-corrected chi connectivity index (χ1v) is 7.93. The first kappa shape index (κ1) is 19.5. The number of carbonyl (C=O) groups excluding carboxylic acids is 1. The molecule has 138 valence electrons. The maximum atomic E-state index is 12.6. The first-order valence-electron chi connectivity index (χ1n) is 7.93. The summed E-state index contributed by atoms with van der Waals surface area (Å²) in [5, 5.41) is 11.5. The third-order valence-electron chi connectivity index (χ3n) is 3.86. The van der Waals surface area contributed by atoms with E-state index in [0.717, 1.165) is 12.1 Å². The average molecular weight is 365 g/mol. The van der Waals surface area contributed by atoms with E-state index < -0.39 is 17.7 Å². The summed E-state index contributed by atoms with van der Waals surface area (Å²) in [4.78, 5) is 22.9. The van der Waals surface area contributed by atoms with Crippen LogP contribution >= 0.6 is 0 Å². The van der Waals surface area contributed by atoms with Crippen molar-refractivity contribution in [3.05, 3.63) is 65.2 Å². The molecule has 1 amide bonds. The summed E-state index contributed by atoms with van der Waals surface area (Å²) < 4.78 is 37.8. The predicted octanol–water partition coefficient (Wildman–Crippen LogP) is 4.46. The zero-order valence-corrected chi connectivity index (χ0v) is 14.0. The molecule has 2 rings (SSSR count). The van der Waals surface area contributed by atoms with Gasteiger partial charge in [0.2, 0.25) is 5.91 Å². The number of aliphatic carboxylic acids is 1. The molecule has 0 fully saturated rings. The van der Waals surface area contributed by atoms with Crippen LogP contribution in [0.15, 0.2) is 48.5 Å². The summed E-state index contributed by atoms with van der Waals surface area (Å²) in [6, 6.07) is 11.3. The molecule has 2 aromatic rings. The average Bonchev–Trinajstić information content (AvgIpc) is 2.53. The second-order valence-corrected chi connectivity index (χ2v) is 6.04. The van der Waals surface area contributed by atoms with Gasteiger partial charge in [0.25, 0.3) is 0 Å². The number of benzene rings is 2. The smallest absolute Gasteiger partial charge is 0.416 e. The zero-order chi connectivity index (χ0) is 19.3. The van der Waals surface area contributed by atoms with Gasteiger partial charge in [-0.05, 0) is 41.3 Å². The highest BCUT2D eigenvalue weighted by Gasteiger charge is 2.30. The summed E-state index contributed by atoms with van der Waals surface area (Å²) in [6.07, 6.45) is -4.44. The molecule has 26 heavy (non-hydrogen) atoms. The van der Waals surface area contributed by atoms with Gasteiger partial charge >= 0.3 is 12.1 Å². The second-order valence-electron chi connectivity index (χ2n) is 6.04. The van der Waals surface area contributed by atoms with Gasteiger partial charge in [0.1, 0.15) is 0 Å². The Hall–Kier alpha value is -2.83. The van der Waals surface area contributed by atoms with Crippen molar-refractivity contribution >= 4 is 17.6 Å². The number of anilines is 1. The normalized spacial score (nSPS) is 12.5. The molecule has 0 aromatic heterocycles. The third-order valence-corrected chi connectivity index (χ3v) is 3.86. The van der Waals surface area contributed by atoms with E-state index in [1.165, 1.54) is 12.1 Å². The van der Waals surface area contributed by atoms with E-state index >= 15 is 0 Å². The van der Waals surface area contributed by atoms with Crippen LogP contribution < -0.4 is 5.32 Å². The summed E-state index contributed by atoms with van der Waals surface area (Å²) >= 11 is 0.